The van der Waals surface area contributed by atoms with E-state index in [-0.39, 0.29) is 16.6 Å². The van der Waals surface area contributed by atoms with Gasteiger partial charge in [-0.3, -0.25) is 9.69 Å². The van der Waals surface area contributed by atoms with Crippen LogP contribution in [0.3, 0.4) is 0 Å². The van der Waals surface area contributed by atoms with Gasteiger partial charge in [0.25, 0.3) is 0 Å². The first-order valence-corrected chi connectivity index (χ1v) is 8.24. The van der Waals surface area contributed by atoms with Gasteiger partial charge >= 0.3 is 0 Å². The number of Topliss-reactive ketones (excluding diaryl/α,β-unsaturated/α-hetero) is 1. The number of carbonyl (C=O) groups excluding carboxylic acids is 1. The molecule has 2 heteroatoms. The van der Waals surface area contributed by atoms with E-state index in [0.29, 0.717) is 11.7 Å². The maximum absolute atomic E-state index is 12.9. The molecule has 0 saturated carbocycles. The Morgan fingerprint density at radius 2 is 2.05 bits per heavy atom. The Labute approximate surface area is 127 Å². The highest BCUT2D eigenvalue weighted by Crippen LogP contribution is 2.82. The van der Waals surface area contributed by atoms with Crippen LogP contribution in [0.2, 0.25) is 0 Å². The maximum Gasteiger partial charge on any atom is 0.155 e. The number of hydrogen-bond acceptors (Lipinski definition) is 2. The zero-order valence-corrected chi connectivity index (χ0v) is 13.8. The van der Waals surface area contributed by atoms with E-state index in [1.165, 1.54) is 16.7 Å². The van der Waals surface area contributed by atoms with Crippen molar-refractivity contribution in [2.24, 2.45) is 5.92 Å². The van der Waals surface area contributed by atoms with Gasteiger partial charge in [0, 0.05) is 12.0 Å². The smallest absolute Gasteiger partial charge is 0.155 e. The van der Waals surface area contributed by atoms with Crippen molar-refractivity contribution in [2.45, 2.75) is 70.5 Å². The lowest BCUT2D eigenvalue weighted by Gasteiger charge is -2.47. The summed E-state index contributed by atoms with van der Waals surface area (Å²) in [7, 11) is 0. The number of carbonyl (C=O) groups is 1. The fourth-order valence-corrected chi connectivity index (χ4v) is 5.64. The number of benzene rings is 1. The predicted octanol–water partition coefficient (Wildman–Crippen LogP) is 3.90. The molecule has 0 N–H and O–H groups in total. The molecule has 112 valence electrons. The summed E-state index contributed by atoms with van der Waals surface area (Å²) in [5, 5.41) is 0. The Morgan fingerprint density at radius 1 is 1.33 bits per heavy atom. The molecule has 4 rings (SSSR count). The van der Waals surface area contributed by atoms with Crippen LogP contribution in [0.15, 0.2) is 18.2 Å². The number of ketones is 1. The Kier molecular flexibility index (Phi) is 2.32. The van der Waals surface area contributed by atoms with Crippen LogP contribution < -0.4 is 0 Å². The van der Waals surface area contributed by atoms with Crippen molar-refractivity contribution in [3.8, 4) is 0 Å². The van der Waals surface area contributed by atoms with Crippen molar-refractivity contribution < 1.29 is 4.79 Å². The first-order valence-electron chi connectivity index (χ1n) is 8.24. The molecule has 2 fully saturated rings. The number of nitrogens with zero attached hydrogens (tertiary/aromatic N) is 1. The Bertz CT molecular complexity index is 664. The van der Waals surface area contributed by atoms with E-state index in [1.807, 2.05) is 0 Å². The molecule has 0 radical (unpaired) electrons. The highest BCUT2D eigenvalue weighted by molar-refractivity contribution is 5.98. The number of fused-ring (bicyclic) bond motifs is 4. The van der Waals surface area contributed by atoms with Crippen LogP contribution in [0.5, 0.6) is 0 Å². The topological polar surface area (TPSA) is 20.1 Å². The molecule has 3 heterocycles. The van der Waals surface area contributed by atoms with E-state index in [2.05, 4.69) is 57.7 Å². The molecular weight excluding hydrogens is 258 g/mol. The van der Waals surface area contributed by atoms with Gasteiger partial charge in [-0.1, -0.05) is 32.0 Å². The van der Waals surface area contributed by atoms with Crippen LogP contribution in [0, 0.1) is 12.8 Å². The zero-order chi connectivity index (χ0) is 15.2. The Balaban J connectivity index is 1.73. The minimum Gasteiger partial charge on any atom is -0.298 e. The van der Waals surface area contributed by atoms with Crippen LogP contribution >= 0.6 is 0 Å². The van der Waals surface area contributed by atoms with E-state index >= 15 is 0 Å². The molecule has 21 heavy (non-hydrogen) atoms. The molecule has 0 aliphatic carbocycles. The number of aryl methyl sites for hydroxylation is 1. The second-order valence-corrected chi connectivity index (χ2v) is 8.07. The largest absolute Gasteiger partial charge is 0.298 e. The molecule has 3 aliphatic heterocycles. The Morgan fingerprint density at radius 3 is 2.71 bits per heavy atom. The quantitative estimate of drug-likeness (QED) is 0.781. The van der Waals surface area contributed by atoms with E-state index in [0.717, 1.165) is 19.3 Å². The fourth-order valence-electron chi connectivity index (χ4n) is 5.64. The second kappa shape index (κ2) is 3.60. The van der Waals surface area contributed by atoms with Crippen molar-refractivity contribution in [1.82, 2.24) is 4.90 Å². The Hall–Kier alpha value is -1.15. The summed E-state index contributed by atoms with van der Waals surface area (Å²) in [6.07, 6.45) is 2.77. The average Bonchev–Trinajstić information content (AvgIpc) is 2.82. The number of rotatable bonds is 4. The summed E-state index contributed by atoms with van der Waals surface area (Å²) in [5.74, 6) is 1.08. The van der Waals surface area contributed by atoms with E-state index in [9.17, 15) is 4.79 Å². The molecule has 2 nitrogen and oxygen atoms in total. The molecular formula is C19H25NO. The fraction of sp³-hybridized carbons (Fsp3) is 0.632. The van der Waals surface area contributed by atoms with E-state index < -0.39 is 0 Å². The molecule has 3 unspecified atom stereocenters. The van der Waals surface area contributed by atoms with Crippen molar-refractivity contribution >= 4 is 5.78 Å². The van der Waals surface area contributed by atoms with Crippen molar-refractivity contribution in [3.05, 3.63) is 34.9 Å². The highest BCUT2D eigenvalue weighted by Gasteiger charge is 2.92. The minimum absolute atomic E-state index is 0.0306. The second-order valence-electron chi connectivity index (χ2n) is 8.07. The maximum atomic E-state index is 12.9. The van der Waals surface area contributed by atoms with E-state index in [1.54, 1.807) is 0 Å². The highest BCUT2D eigenvalue weighted by atomic mass is 16.1. The lowest BCUT2D eigenvalue weighted by Crippen LogP contribution is -2.55. The molecule has 4 atom stereocenters. The first-order chi connectivity index (χ1) is 9.80. The molecule has 1 aromatic rings. The minimum atomic E-state index is -0.169. The van der Waals surface area contributed by atoms with E-state index in [4.69, 9.17) is 0 Å². The molecule has 0 aromatic heterocycles. The molecule has 2 saturated heterocycles. The van der Waals surface area contributed by atoms with Crippen molar-refractivity contribution in [2.75, 3.05) is 0 Å². The lowest BCUT2D eigenvalue weighted by molar-refractivity contribution is -0.129. The predicted molar refractivity (Wildman–Crippen MR) is 84.1 cm³/mol. The van der Waals surface area contributed by atoms with Gasteiger partial charge in [-0.2, -0.15) is 0 Å². The summed E-state index contributed by atoms with van der Waals surface area (Å²) in [6, 6.07) is 6.60. The molecule has 1 aromatic carbocycles. The third-order valence-electron chi connectivity index (χ3n) is 6.42. The molecule has 3 aliphatic rings. The molecule has 0 bridgehead atoms. The summed E-state index contributed by atoms with van der Waals surface area (Å²) in [4.78, 5) is 15.4. The number of hydrogen-bond donors (Lipinski definition) is 0. The summed E-state index contributed by atoms with van der Waals surface area (Å²) >= 11 is 0. The van der Waals surface area contributed by atoms with Crippen molar-refractivity contribution in [1.29, 1.82) is 0 Å². The third kappa shape index (κ3) is 1.20. The van der Waals surface area contributed by atoms with Crippen LogP contribution in [-0.4, -0.2) is 16.2 Å². The average molecular weight is 283 g/mol. The van der Waals surface area contributed by atoms with Gasteiger partial charge in [0.2, 0.25) is 0 Å². The summed E-state index contributed by atoms with van der Waals surface area (Å²) in [5.41, 5.74) is 4.18. The summed E-state index contributed by atoms with van der Waals surface area (Å²) in [6.45, 7) is 11.2. The van der Waals surface area contributed by atoms with Crippen LogP contribution in [0.1, 0.15) is 63.6 Å². The van der Waals surface area contributed by atoms with Gasteiger partial charge in [0.15, 0.2) is 5.78 Å². The third-order valence-corrected chi connectivity index (χ3v) is 6.42. The summed E-state index contributed by atoms with van der Waals surface area (Å²) < 4.78 is 0. The van der Waals surface area contributed by atoms with Crippen molar-refractivity contribution in [3.63, 3.8) is 0 Å². The molecule has 0 amide bonds. The van der Waals surface area contributed by atoms with Crippen LogP contribution in [0.4, 0.5) is 0 Å². The first kappa shape index (κ1) is 13.5. The molecule has 0 spiro atoms. The van der Waals surface area contributed by atoms with Gasteiger partial charge in [-0.25, -0.2) is 0 Å². The standard InChI is InChI=1S/C19H25NO/c1-12(2)9-10-15(21)19-11-17(4)16-13(3)7-6-8-14(16)18(19,5)20(17)19/h6-8,12H,9-11H2,1-5H3/t17?,18-,19?,20?/m1/s1. The normalized spacial score (nSPS) is 41.5. The van der Waals surface area contributed by atoms with Gasteiger partial charge < -0.3 is 0 Å². The zero-order valence-electron chi connectivity index (χ0n) is 13.8. The monoisotopic (exact) mass is 283 g/mol. The van der Waals surface area contributed by atoms with Gasteiger partial charge in [0.05, 0.1) is 5.54 Å². The van der Waals surface area contributed by atoms with Crippen LogP contribution in [-0.2, 0) is 15.9 Å². The lowest BCUT2D eigenvalue weighted by atomic mass is 9.63. The SMILES string of the molecule is Cc1cccc2c1C1(C)CC3(C(=O)CCC(C)C)N1[C@]23C. The van der Waals surface area contributed by atoms with Crippen LogP contribution in [0.25, 0.3) is 0 Å². The van der Waals surface area contributed by atoms with Gasteiger partial charge in [-0.05, 0) is 56.2 Å². The van der Waals surface area contributed by atoms with Gasteiger partial charge in [0.1, 0.15) is 5.54 Å². The van der Waals surface area contributed by atoms with Gasteiger partial charge in [-0.15, -0.1) is 0 Å².